The van der Waals surface area contributed by atoms with Crippen molar-refractivity contribution in [3.05, 3.63) is 36.0 Å². The first-order valence-electron chi connectivity index (χ1n) is 5.56. The molecule has 0 atom stereocenters. The third-order valence-electron chi connectivity index (χ3n) is 2.52. The van der Waals surface area contributed by atoms with Crippen LogP contribution in [0.4, 0.5) is 11.4 Å². The van der Waals surface area contributed by atoms with Crippen molar-refractivity contribution in [3.63, 3.8) is 0 Å². The lowest BCUT2D eigenvalue weighted by atomic mass is 10.1. The van der Waals surface area contributed by atoms with Gasteiger partial charge in [-0.3, -0.25) is 4.79 Å². The van der Waals surface area contributed by atoms with E-state index in [-0.39, 0.29) is 5.78 Å². The first-order valence-corrected chi connectivity index (χ1v) is 5.56. The maximum atomic E-state index is 11.3. The molecule has 3 N–H and O–H groups in total. The van der Waals surface area contributed by atoms with Crippen LogP contribution in [0.25, 0.3) is 0 Å². The number of aromatic nitrogens is 2. The zero-order valence-electron chi connectivity index (χ0n) is 10.0. The fourth-order valence-corrected chi connectivity index (χ4v) is 1.59. The normalized spacial score (nSPS) is 10.3. The number of anilines is 2. The van der Waals surface area contributed by atoms with Crippen LogP contribution < -0.4 is 11.1 Å². The van der Waals surface area contributed by atoms with Crippen LogP contribution >= 0.6 is 0 Å². The van der Waals surface area contributed by atoms with Crippen LogP contribution in [0.2, 0.25) is 0 Å². The molecule has 18 heavy (non-hydrogen) atoms. The lowest BCUT2D eigenvalue weighted by Gasteiger charge is -2.08. The molecule has 0 aliphatic rings. The molecule has 6 nitrogen and oxygen atoms in total. The molecule has 0 saturated carbocycles. The van der Waals surface area contributed by atoms with Crippen molar-refractivity contribution in [2.75, 3.05) is 17.6 Å². The van der Waals surface area contributed by atoms with Crippen LogP contribution in [0.3, 0.4) is 0 Å². The molecule has 0 saturated heterocycles. The average molecular weight is 246 g/mol. The van der Waals surface area contributed by atoms with E-state index in [0.29, 0.717) is 30.0 Å². The zero-order valence-corrected chi connectivity index (χ0v) is 10.0. The number of rotatable bonds is 5. The molecule has 0 amide bonds. The maximum absolute atomic E-state index is 11.3. The molecule has 0 unspecified atom stereocenters. The summed E-state index contributed by atoms with van der Waals surface area (Å²) in [6.45, 7) is 2.15. The lowest BCUT2D eigenvalue weighted by Crippen LogP contribution is -2.07. The van der Waals surface area contributed by atoms with Gasteiger partial charge in [-0.2, -0.15) is 4.98 Å². The molecule has 1 aromatic carbocycles. The summed E-state index contributed by atoms with van der Waals surface area (Å²) in [5, 5.41) is 6.88. The summed E-state index contributed by atoms with van der Waals surface area (Å²) in [6.07, 6.45) is 1.95. The summed E-state index contributed by atoms with van der Waals surface area (Å²) in [7, 11) is 0. The second-order valence-corrected chi connectivity index (χ2v) is 3.88. The number of nitrogens with zero attached hydrogens (tertiary/aromatic N) is 2. The summed E-state index contributed by atoms with van der Waals surface area (Å²) in [4.78, 5) is 15.3. The number of nitrogens with two attached hydrogens (primary N) is 1. The predicted molar refractivity (Wildman–Crippen MR) is 67.4 cm³/mol. The standard InChI is InChI=1S/C12H14N4O2/c1-8(17)10-6-9(2-3-11(10)13)14-5-4-12-15-7-18-16-12/h2-3,6-7,14H,4-5,13H2,1H3. The van der Waals surface area contributed by atoms with Crippen molar-refractivity contribution < 1.29 is 9.32 Å². The molecule has 6 heteroatoms. The van der Waals surface area contributed by atoms with Crippen molar-refractivity contribution in [2.45, 2.75) is 13.3 Å². The number of ketones is 1. The monoisotopic (exact) mass is 246 g/mol. The molecule has 0 aliphatic carbocycles. The minimum atomic E-state index is -0.0469. The molecule has 0 bridgehead atoms. The maximum Gasteiger partial charge on any atom is 0.213 e. The van der Waals surface area contributed by atoms with Crippen LogP contribution in [0, 0.1) is 0 Å². The van der Waals surface area contributed by atoms with Gasteiger partial charge in [0.25, 0.3) is 0 Å². The zero-order chi connectivity index (χ0) is 13.0. The molecule has 1 heterocycles. The van der Waals surface area contributed by atoms with Crippen molar-refractivity contribution in [1.82, 2.24) is 10.1 Å². The molecular weight excluding hydrogens is 232 g/mol. The minimum Gasteiger partial charge on any atom is -0.398 e. The van der Waals surface area contributed by atoms with Crippen molar-refractivity contribution in [1.29, 1.82) is 0 Å². The Balaban J connectivity index is 1.97. The fraction of sp³-hybridized carbons (Fsp3) is 0.250. The van der Waals surface area contributed by atoms with Gasteiger partial charge in [0, 0.05) is 29.9 Å². The van der Waals surface area contributed by atoms with Gasteiger partial charge in [0.05, 0.1) is 0 Å². The van der Waals surface area contributed by atoms with Gasteiger partial charge >= 0.3 is 0 Å². The van der Waals surface area contributed by atoms with E-state index in [0.717, 1.165) is 5.69 Å². The Morgan fingerprint density at radius 3 is 3.00 bits per heavy atom. The molecule has 0 fully saturated rings. The van der Waals surface area contributed by atoms with Gasteiger partial charge in [-0.15, -0.1) is 0 Å². The van der Waals surface area contributed by atoms with E-state index < -0.39 is 0 Å². The van der Waals surface area contributed by atoms with Gasteiger partial charge in [0.1, 0.15) is 0 Å². The van der Waals surface area contributed by atoms with Gasteiger partial charge in [-0.25, -0.2) is 0 Å². The van der Waals surface area contributed by atoms with Crippen LogP contribution in [0.5, 0.6) is 0 Å². The smallest absolute Gasteiger partial charge is 0.213 e. The van der Waals surface area contributed by atoms with Crippen LogP contribution in [-0.2, 0) is 6.42 Å². The molecule has 2 rings (SSSR count). The first kappa shape index (κ1) is 12.1. The number of hydrogen-bond donors (Lipinski definition) is 2. The van der Waals surface area contributed by atoms with Crippen LogP contribution in [0.1, 0.15) is 23.1 Å². The van der Waals surface area contributed by atoms with Gasteiger partial charge in [-0.05, 0) is 25.1 Å². The highest BCUT2D eigenvalue weighted by molar-refractivity contribution is 5.99. The Kier molecular flexibility index (Phi) is 3.57. The van der Waals surface area contributed by atoms with Crippen LogP contribution in [-0.4, -0.2) is 22.5 Å². The van der Waals surface area contributed by atoms with E-state index in [1.807, 2.05) is 6.07 Å². The average Bonchev–Trinajstić information content (AvgIpc) is 2.84. The fourth-order valence-electron chi connectivity index (χ4n) is 1.59. The minimum absolute atomic E-state index is 0.0469. The topological polar surface area (TPSA) is 94.0 Å². The summed E-state index contributed by atoms with van der Waals surface area (Å²) >= 11 is 0. The quantitative estimate of drug-likeness (QED) is 0.613. The Hall–Kier alpha value is -2.37. The highest BCUT2D eigenvalue weighted by Gasteiger charge is 2.05. The van der Waals surface area contributed by atoms with E-state index in [2.05, 4.69) is 20.0 Å². The van der Waals surface area contributed by atoms with Crippen LogP contribution in [0.15, 0.2) is 29.1 Å². The molecule has 1 aromatic heterocycles. The third-order valence-corrected chi connectivity index (χ3v) is 2.52. The number of nitrogens with one attached hydrogen (secondary N) is 1. The number of Topliss-reactive ketones (excluding diaryl/α,β-unsaturated/α-hetero) is 1. The highest BCUT2D eigenvalue weighted by atomic mass is 16.5. The lowest BCUT2D eigenvalue weighted by molar-refractivity contribution is 0.101. The van der Waals surface area contributed by atoms with Crippen molar-refractivity contribution >= 4 is 17.2 Å². The number of nitrogen functional groups attached to an aromatic ring is 1. The van der Waals surface area contributed by atoms with E-state index >= 15 is 0 Å². The molecule has 0 radical (unpaired) electrons. The predicted octanol–water partition coefficient (Wildman–Crippen LogP) is 1.51. The van der Waals surface area contributed by atoms with Crippen molar-refractivity contribution in [2.24, 2.45) is 0 Å². The molecule has 0 aliphatic heterocycles. The molecule has 2 aromatic rings. The summed E-state index contributed by atoms with van der Waals surface area (Å²) in [5.74, 6) is 0.596. The summed E-state index contributed by atoms with van der Waals surface area (Å²) in [5.41, 5.74) is 7.58. The SMILES string of the molecule is CC(=O)c1cc(NCCc2ncon2)ccc1N. The van der Waals surface area contributed by atoms with E-state index in [4.69, 9.17) is 5.73 Å². The van der Waals surface area contributed by atoms with Gasteiger partial charge in [0.15, 0.2) is 11.6 Å². The Morgan fingerprint density at radius 2 is 2.33 bits per heavy atom. The van der Waals surface area contributed by atoms with Gasteiger partial charge in [-0.1, -0.05) is 5.16 Å². The Bertz CT molecular complexity index is 537. The van der Waals surface area contributed by atoms with Crippen molar-refractivity contribution in [3.8, 4) is 0 Å². The molecule has 94 valence electrons. The van der Waals surface area contributed by atoms with Gasteiger partial charge in [0.2, 0.25) is 6.39 Å². The van der Waals surface area contributed by atoms with E-state index in [9.17, 15) is 4.79 Å². The number of benzene rings is 1. The highest BCUT2D eigenvalue weighted by Crippen LogP contribution is 2.18. The van der Waals surface area contributed by atoms with Gasteiger partial charge < -0.3 is 15.6 Å². The second kappa shape index (κ2) is 5.31. The largest absolute Gasteiger partial charge is 0.398 e. The first-order chi connectivity index (χ1) is 8.66. The van der Waals surface area contributed by atoms with E-state index in [1.54, 1.807) is 12.1 Å². The molecule has 0 spiro atoms. The number of carbonyl (C=O) groups is 1. The third kappa shape index (κ3) is 2.85. The molecular formula is C12H14N4O2. The number of hydrogen-bond acceptors (Lipinski definition) is 6. The summed E-state index contributed by atoms with van der Waals surface area (Å²) < 4.78 is 4.63. The summed E-state index contributed by atoms with van der Waals surface area (Å²) in [6, 6.07) is 5.29. The van der Waals surface area contributed by atoms with E-state index in [1.165, 1.54) is 13.3 Å². The Labute approximate surface area is 104 Å². The second-order valence-electron chi connectivity index (χ2n) is 3.88. The number of carbonyl (C=O) groups excluding carboxylic acids is 1. The Morgan fingerprint density at radius 1 is 1.50 bits per heavy atom.